The second-order valence-electron chi connectivity index (χ2n) is 1.24. The molecular weight excluding hydrogens is 108 g/mol. The van der Waals surface area contributed by atoms with Crippen LogP contribution >= 0.6 is 0 Å². The molecule has 4 heteroatoms. The average Bonchev–Trinajstić information content (AvgIpc) is 2.37. The van der Waals surface area contributed by atoms with E-state index in [9.17, 15) is 4.79 Å². The zero-order valence-corrected chi connectivity index (χ0v) is 3.94. The van der Waals surface area contributed by atoms with Crippen LogP contribution in [0, 0.1) is 0 Å². The molecule has 0 saturated heterocycles. The van der Waals surface area contributed by atoms with Crippen LogP contribution in [0.2, 0.25) is 0 Å². The quantitative estimate of drug-likeness (QED) is 0.531. The lowest BCUT2D eigenvalue weighted by Crippen LogP contribution is -2.03. The number of hydrogen-bond acceptors (Lipinski definition) is 3. The van der Waals surface area contributed by atoms with Gasteiger partial charge in [-0.3, -0.25) is 0 Å². The molecule has 0 unspecified atom stereocenters. The zero-order valence-electron chi connectivity index (χ0n) is 4.94. The Balaban J connectivity index is 2.77. The van der Waals surface area contributed by atoms with E-state index in [4.69, 9.17) is 1.43 Å². The number of aromatic nitrogens is 2. The van der Waals surface area contributed by atoms with Crippen molar-refractivity contribution in [1.29, 1.82) is 1.43 Å². The first-order valence-corrected chi connectivity index (χ1v) is 2.00. The molecule has 0 aliphatic heterocycles. The van der Waals surface area contributed by atoms with Gasteiger partial charge in [0.1, 0.15) is 6.33 Å². The van der Waals surface area contributed by atoms with Crippen LogP contribution in [0.4, 0.5) is 4.79 Å². The fourth-order valence-corrected chi connectivity index (χ4v) is 0.367. The van der Waals surface area contributed by atoms with E-state index in [0.29, 0.717) is 0 Å². The Morgan fingerprint density at radius 1 is 2.00 bits per heavy atom. The SMILES string of the molecule is [3H]OC(=O)n1ccnc1. The van der Waals surface area contributed by atoms with E-state index in [-0.39, 0.29) is 0 Å². The summed E-state index contributed by atoms with van der Waals surface area (Å²) in [6, 6.07) is 0. The largest absolute Gasteiger partial charge is 0.464 e. The van der Waals surface area contributed by atoms with Crippen molar-refractivity contribution < 1.29 is 9.90 Å². The fourth-order valence-electron chi connectivity index (χ4n) is 0.367. The van der Waals surface area contributed by atoms with Crippen molar-refractivity contribution in [1.82, 2.24) is 9.55 Å². The molecule has 0 aliphatic rings. The smallest absolute Gasteiger partial charge is 0.416 e. The van der Waals surface area contributed by atoms with Crippen molar-refractivity contribution in [3.63, 3.8) is 0 Å². The molecule has 1 aromatic heterocycles. The van der Waals surface area contributed by atoms with E-state index >= 15 is 0 Å². The van der Waals surface area contributed by atoms with Gasteiger partial charge < -0.3 is 5.11 Å². The van der Waals surface area contributed by atoms with E-state index < -0.39 is 6.09 Å². The number of carboxylic acid groups (broad SMARTS) is 1. The highest BCUT2D eigenvalue weighted by Gasteiger charge is 1.94. The summed E-state index contributed by atoms with van der Waals surface area (Å²) in [6.45, 7) is 0. The minimum absolute atomic E-state index is 0.757. The van der Waals surface area contributed by atoms with Gasteiger partial charge in [-0.2, -0.15) is 0 Å². The molecule has 1 rings (SSSR count). The Labute approximate surface area is 46.9 Å². The molecular formula is C4H4N2O2. The fraction of sp³-hybridized carbons (Fsp3) is 0. The maximum atomic E-state index is 10.4. The van der Waals surface area contributed by atoms with E-state index in [1.165, 1.54) is 18.7 Å². The molecule has 0 aromatic carbocycles. The van der Waals surface area contributed by atoms with Gasteiger partial charge in [-0.15, -0.1) is 0 Å². The molecule has 42 valence electrons. The van der Waals surface area contributed by atoms with Gasteiger partial charge in [-0.25, -0.2) is 14.3 Å². The summed E-state index contributed by atoms with van der Waals surface area (Å²) < 4.78 is 7.25. The van der Waals surface area contributed by atoms with Gasteiger partial charge >= 0.3 is 6.09 Å². The van der Waals surface area contributed by atoms with Crippen LogP contribution in [0.25, 0.3) is 1.43 Å². The van der Waals surface area contributed by atoms with Gasteiger partial charge in [-0.1, -0.05) is 0 Å². The Hall–Kier alpha value is -1.32. The number of rotatable bonds is 0. The molecule has 0 saturated carbocycles. The van der Waals surface area contributed by atoms with Crippen molar-refractivity contribution >= 4 is 6.09 Å². The van der Waals surface area contributed by atoms with Gasteiger partial charge in [0.15, 0.2) is 0 Å². The lowest BCUT2D eigenvalue weighted by Gasteiger charge is -1.85. The summed E-state index contributed by atoms with van der Waals surface area (Å²) in [5.74, 6) is 0. The second kappa shape index (κ2) is 1.65. The van der Waals surface area contributed by atoms with E-state index in [2.05, 4.69) is 10.1 Å². The first kappa shape index (κ1) is 3.65. The first-order chi connectivity index (χ1) is 4.34. The van der Waals surface area contributed by atoms with Gasteiger partial charge in [-0.05, 0) is 0 Å². The summed E-state index contributed by atoms with van der Waals surface area (Å²) in [5.41, 5.74) is 0. The highest BCUT2D eigenvalue weighted by atomic mass is 16.4. The molecule has 1 heterocycles. The third kappa shape index (κ3) is 0.676. The number of carbonyl (C=O) groups is 1. The van der Waals surface area contributed by atoms with Crippen LogP contribution in [0.3, 0.4) is 0 Å². The van der Waals surface area contributed by atoms with Gasteiger partial charge in [0, 0.05) is 12.4 Å². The normalized spacial score (nSPS) is 10.2. The van der Waals surface area contributed by atoms with Crippen molar-refractivity contribution in [2.45, 2.75) is 0 Å². The van der Waals surface area contributed by atoms with Crippen LogP contribution in [0.15, 0.2) is 18.7 Å². The molecule has 0 bridgehead atoms. The minimum Gasteiger partial charge on any atom is -0.464 e. The third-order valence-electron chi connectivity index (χ3n) is 0.715. The van der Waals surface area contributed by atoms with Crippen LogP contribution in [-0.2, 0) is 0 Å². The highest BCUT2D eigenvalue weighted by molar-refractivity contribution is 5.67. The maximum Gasteiger partial charge on any atom is 0.416 e. The molecule has 0 radical (unpaired) electrons. The van der Waals surface area contributed by atoms with E-state index in [1.807, 2.05) is 0 Å². The topological polar surface area (TPSA) is 55.1 Å². The zero-order chi connectivity index (χ0) is 6.69. The number of nitrogens with zero attached hydrogens (tertiary/aromatic N) is 2. The number of hydrogen-bond donors (Lipinski definition) is 1. The maximum absolute atomic E-state index is 10.4. The molecule has 0 amide bonds. The van der Waals surface area contributed by atoms with Gasteiger partial charge in [0.25, 0.3) is 1.43 Å². The van der Waals surface area contributed by atoms with Gasteiger partial charge in [0.05, 0.1) is 0 Å². The second-order valence-corrected chi connectivity index (χ2v) is 1.24. The third-order valence-corrected chi connectivity index (χ3v) is 0.715. The Kier molecular flexibility index (Phi) is 0.754. The first-order valence-electron chi connectivity index (χ1n) is 2.41. The predicted octanol–water partition coefficient (Wildman–Crippen LogP) is 0.409. The van der Waals surface area contributed by atoms with E-state index in [1.54, 1.807) is 0 Å². The Morgan fingerprint density at radius 3 is 3.38 bits per heavy atom. The van der Waals surface area contributed by atoms with E-state index in [0.717, 1.165) is 4.57 Å². The van der Waals surface area contributed by atoms with Crippen LogP contribution < -0.4 is 0 Å². The minimum atomic E-state index is -0.757. The molecule has 1 N–H and O–H groups in total. The van der Waals surface area contributed by atoms with Crippen molar-refractivity contribution in [2.24, 2.45) is 0 Å². The lowest BCUT2D eigenvalue weighted by molar-refractivity contribution is 0.196. The predicted molar refractivity (Wildman–Crippen MR) is 25.6 cm³/mol. The summed E-state index contributed by atoms with van der Waals surface area (Å²) in [7, 11) is 0. The van der Waals surface area contributed by atoms with Crippen molar-refractivity contribution in [2.75, 3.05) is 0 Å². The molecule has 0 spiro atoms. The Morgan fingerprint density at radius 2 is 2.88 bits per heavy atom. The highest BCUT2D eigenvalue weighted by Crippen LogP contribution is 1.81. The van der Waals surface area contributed by atoms with Crippen LogP contribution in [0.5, 0.6) is 0 Å². The lowest BCUT2D eigenvalue weighted by atomic mass is 10.9. The standard InChI is InChI=1S/C4H4N2O2/c7-4(8)6-2-1-5-3-6/h1-3H,(H,7,8)/i/hT. The molecule has 4 nitrogen and oxygen atoms in total. The summed E-state index contributed by atoms with van der Waals surface area (Å²) in [4.78, 5) is 14.0. The van der Waals surface area contributed by atoms with Crippen LogP contribution in [0.1, 0.15) is 0 Å². The average molecular weight is 114 g/mol. The summed E-state index contributed by atoms with van der Waals surface area (Å²) in [5, 5.41) is 3.63. The molecule has 0 fully saturated rings. The molecule has 0 atom stereocenters. The summed E-state index contributed by atoms with van der Waals surface area (Å²) >= 11 is 0. The van der Waals surface area contributed by atoms with Crippen LogP contribution in [-0.4, -0.2) is 20.8 Å². The summed E-state index contributed by atoms with van der Waals surface area (Å²) in [6.07, 6.45) is 3.33. The van der Waals surface area contributed by atoms with Crippen molar-refractivity contribution in [3.8, 4) is 0 Å². The Bertz CT molecular complexity index is 196. The van der Waals surface area contributed by atoms with Gasteiger partial charge in [0.2, 0.25) is 0 Å². The molecule has 0 aliphatic carbocycles. The monoisotopic (exact) mass is 114 g/mol. The molecule has 1 aromatic rings. The molecule has 8 heavy (non-hydrogen) atoms. The van der Waals surface area contributed by atoms with Crippen molar-refractivity contribution in [3.05, 3.63) is 18.7 Å². The number of imidazole rings is 1.